The van der Waals surface area contributed by atoms with E-state index in [9.17, 15) is 24.8 Å². The molecule has 34 heavy (non-hydrogen) atoms. The average molecular weight is 463 g/mol. The van der Waals surface area contributed by atoms with Gasteiger partial charge in [-0.1, -0.05) is 50.2 Å². The smallest absolute Gasteiger partial charge is 0.337 e. The summed E-state index contributed by atoms with van der Waals surface area (Å²) < 4.78 is 5.59. The SMILES string of the molecule is CC1=C(C(=O)OCc2ccccc2)[C@H](c2ccc(O)c([N+](=O)[O-])c2)C2=C(CC(C)(C)CC2=O)N1. The van der Waals surface area contributed by atoms with Crippen LogP contribution in [0.25, 0.3) is 0 Å². The first kappa shape index (κ1) is 23.2. The first-order valence-electron chi connectivity index (χ1n) is 11.0. The summed E-state index contributed by atoms with van der Waals surface area (Å²) in [6.07, 6.45) is 0.879. The number of hydrogen-bond acceptors (Lipinski definition) is 7. The number of ketones is 1. The first-order chi connectivity index (χ1) is 16.1. The molecule has 1 atom stereocenters. The molecule has 0 bridgehead atoms. The molecule has 0 radical (unpaired) electrons. The molecule has 8 nitrogen and oxygen atoms in total. The minimum atomic E-state index is -0.845. The van der Waals surface area contributed by atoms with Gasteiger partial charge in [0.05, 0.1) is 10.5 Å². The average Bonchev–Trinajstić information content (AvgIpc) is 2.76. The molecule has 1 heterocycles. The maximum Gasteiger partial charge on any atom is 0.337 e. The van der Waals surface area contributed by atoms with Gasteiger partial charge in [-0.05, 0) is 36.0 Å². The summed E-state index contributed by atoms with van der Waals surface area (Å²) in [7, 11) is 0. The minimum Gasteiger partial charge on any atom is -0.502 e. The summed E-state index contributed by atoms with van der Waals surface area (Å²) in [4.78, 5) is 37.4. The molecule has 0 amide bonds. The third-order valence-electron chi connectivity index (χ3n) is 6.20. The molecule has 2 aromatic rings. The van der Waals surface area contributed by atoms with Crippen LogP contribution in [0.2, 0.25) is 0 Å². The van der Waals surface area contributed by atoms with Gasteiger partial charge >= 0.3 is 11.7 Å². The number of rotatable bonds is 5. The quantitative estimate of drug-likeness (QED) is 0.377. The monoisotopic (exact) mass is 462 g/mol. The molecule has 4 rings (SSSR count). The summed E-state index contributed by atoms with van der Waals surface area (Å²) in [6.45, 7) is 5.78. The molecule has 2 N–H and O–H groups in total. The Labute approximate surface area is 197 Å². The highest BCUT2D eigenvalue weighted by Crippen LogP contribution is 2.47. The van der Waals surface area contributed by atoms with Gasteiger partial charge in [-0.3, -0.25) is 14.9 Å². The largest absolute Gasteiger partial charge is 0.502 e. The van der Waals surface area contributed by atoms with E-state index in [4.69, 9.17) is 4.74 Å². The number of benzene rings is 2. The van der Waals surface area contributed by atoms with Crippen molar-refractivity contribution in [2.45, 2.75) is 46.1 Å². The number of esters is 1. The maximum atomic E-state index is 13.3. The third kappa shape index (κ3) is 4.44. The van der Waals surface area contributed by atoms with E-state index in [1.165, 1.54) is 18.2 Å². The van der Waals surface area contributed by atoms with E-state index in [-0.39, 0.29) is 29.8 Å². The van der Waals surface area contributed by atoms with Crippen molar-refractivity contribution in [3.05, 3.63) is 92.3 Å². The van der Waals surface area contributed by atoms with Gasteiger partial charge in [-0.15, -0.1) is 0 Å². The second-order valence-corrected chi connectivity index (χ2v) is 9.50. The maximum absolute atomic E-state index is 13.3. The van der Waals surface area contributed by atoms with Gasteiger partial charge in [-0.25, -0.2) is 4.79 Å². The van der Waals surface area contributed by atoms with Crippen LogP contribution in [0.5, 0.6) is 5.75 Å². The van der Waals surface area contributed by atoms with E-state index in [1.807, 2.05) is 44.2 Å². The van der Waals surface area contributed by atoms with Crippen LogP contribution in [0, 0.1) is 15.5 Å². The summed E-state index contributed by atoms with van der Waals surface area (Å²) in [5, 5.41) is 24.7. The number of nitrogens with one attached hydrogen (secondary N) is 1. The van der Waals surface area contributed by atoms with Crippen molar-refractivity contribution in [2.24, 2.45) is 5.41 Å². The van der Waals surface area contributed by atoms with Gasteiger partial charge in [-0.2, -0.15) is 0 Å². The number of aromatic hydroxyl groups is 1. The molecule has 0 spiro atoms. The topological polar surface area (TPSA) is 119 Å². The zero-order valence-corrected chi connectivity index (χ0v) is 19.3. The molecule has 0 saturated heterocycles. The number of allylic oxidation sites excluding steroid dienone is 3. The lowest BCUT2D eigenvalue weighted by Crippen LogP contribution is -2.38. The normalized spacial score (nSPS) is 19.4. The fraction of sp³-hybridized carbons (Fsp3) is 0.308. The number of nitrogens with zero attached hydrogens (tertiary/aromatic N) is 1. The number of carbonyl (C=O) groups is 2. The Kier molecular flexibility index (Phi) is 6.00. The van der Waals surface area contributed by atoms with Crippen LogP contribution in [0.3, 0.4) is 0 Å². The van der Waals surface area contributed by atoms with Gasteiger partial charge in [0, 0.05) is 35.4 Å². The zero-order chi connectivity index (χ0) is 24.6. The van der Waals surface area contributed by atoms with E-state index in [0.29, 0.717) is 29.0 Å². The van der Waals surface area contributed by atoms with Crippen molar-refractivity contribution in [1.29, 1.82) is 0 Å². The van der Waals surface area contributed by atoms with Crippen LogP contribution >= 0.6 is 0 Å². The van der Waals surface area contributed by atoms with Crippen molar-refractivity contribution in [1.82, 2.24) is 5.32 Å². The highest BCUT2D eigenvalue weighted by molar-refractivity contribution is 6.04. The summed E-state index contributed by atoms with van der Waals surface area (Å²) in [5.41, 5.74) is 2.31. The Hall–Kier alpha value is -3.94. The van der Waals surface area contributed by atoms with Crippen molar-refractivity contribution in [2.75, 3.05) is 0 Å². The second kappa shape index (κ2) is 8.78. The Morgan fingerprint density at radius 3 is 2.59 bits per heavy atom. The predicted octanol–water partition coefficient (Wildman–Crippen LogP) is 4.65. The highest BCUT2D eigenvalue weighted by Gasteiger charge is 2.43. The molecule has 0 fully saturated rings. The van der Waals surface area contributed by atoms with Crippen LogP contribution < -0.4 is 5.32 Å². The molecule has 0 saturated carbocycles. The van der Waals surface area contributed by atoms with Crippen molar-refractivity contribution < 1.29 is 24.4 Å². The van der Waals surface area contributed by atoms with Crippen molar-refractivity contribution in [3.63, 3.8) is 0 Å². The van der Waals surface area contributed by atoms with Crippen molar-refractivity contribution >= 4 is 17.4 Å². The summed E-state index contributed by atoms with van der Waals surface area (Å²) in [5.74, 6) is -2.07. The Morgan fingerprint density at radius 2 is 1.91 bits per heavy atom. The Morgan fingerprint density at radius 1 is 1.21 bits per heavy atom. The van der Waals surface area contributed by atoms with Crippen LogP contribution in [0.1, 0.15) is 50.7 Å². The molecular formula is C26H26N2O6. The third-order valence-corrected chi connectivity index (χ3v) is 6.20. The number of nitro benzene ring substituents is 1. The molecular weight excluding hydrogens is 436 g/mol. The van der Waals surface area contributed by atoms with Crippen LogP contribution in [-0.2, 0) is 20.9 Å². The number of phenolic OH excluding ortho intramolecular Hbond substituents is 1. The van der Waals surface area contributed by atoms with E-state index in [1.54, 1.807) is 6.92 Å². The fourth-order valence-electron chi connectivity index (χ4n) is 4.71. The standard InChI is InChI=1S/C26H26N2O6/c1-15-22(25(31)34-14-16-7-5-4-6-8-16)23(17-9-10-20(29)19(11-17)28(32)33)24-18(27-15)12-26(2,3)13-21(24)30/h4-11,23,27,29H,12-14H2,1-3H3/t23-/m0/s1. The molecule has 2 aliphatic rings. The van der Waals surface area contributed by atoms with E-state index in [0.717, 1.165) is 5.56 Å². The van der Waals surface area contributed by atoms with Crippen molar-refractivity contribution in [3.8, 4) is 5.75 Å². The molecule has 2 aromatic carbocycles. The first-order valence-corrected chi connectivity index (χ1v) is 11.0. The number of nitro groups is 1. The Balaban J connectivity index is 1.80. The van der Waals surface area contributed by atoms with Crippen LogP contribution in [0.15, 0.2) is 71.1 Å². The van der Waals surface area contributed by atoms with Crippen LogP contribution in [-0.4, -0.2) is 21.8 Å². The molecule has 8 heteroatoms. The van der Waals surface area contributed by atoms with Gasteiger partial charge in [0.2, 0.25) is 0 Å². The predicted molar refractivity (Wildman–Crippen MR) is 125 cm³/mol. The highest BCUT2D eigenvalue weighted by atomic mass is 16.6. The van der Waals surface area contributed by atoms with E-state index >= 15 is 0 Å². The van der Waals surface area contributed by atoms with E-state index in [2.05, 4.69) is 5.32 Å². The van der Waals surface area contributed by atoms with Crippen LogP contribution in [0.4, 0.5) is 5.69 Å². The van der Waals surface area contributed by atoms with Gasteiger partial charge in [0.1, 0.15) is 6.61 Å². The number of carbonyl (C=O) groups excluding carboxylic acids is 2. The molecule has 176 valence electrons. The van der Waals surface area contributed by atoms with E-state index < -0.39 is 28.2 Å². The molecule has 1 aliphatic heterocycles. The van der Waals surface area contributed by atoms with Gasteiger partial charge in [0.25, 0.3) is 0 Å². The minimum absolute atomic E-state index is 0.0474. The summed E-state index contributed by atoms with van der Waals surface area (Å²) in [6, 6.07) is 13.2. The molecule has 1 aliphatic carbocycles. The lowest BCUT2D eigenvalue weighted by molar-refractivity contribution is -0.385. The molecule has 0 unspecified atom stereocenters. The lowest BCUT2D eigenvalue weighted by Gasteiger charge is -2.39. The zero-order valence-electron chi connectivity index (χ0n) is 19.3. The number of dihydropyridines is 1. The van der Waals surface area contributed by atoms with Gasteiger partial charge in [0.15, 0.2) is 11.5 Å². The molecule has 0 aromatic heterocycles. The fourth-order valence-corrected chi connectivity index (χ4v) is 4.71. The Bertz CT molecular complexity index is 1240. The summed E-state index contributed by atoms with van der Waals surface area (Å²) >= 11 is 0. The van der Waals surface area contributed by atoms with Gasteiger partial charge < -0.3 is 15.2 Å². The number of phenols is 1. The lowest BCUT2D eigenvalue weighted by atomic mass is 9.68. The second-order valence-electron chi connectivity index (χ2n) is 9.50. The number of hydrogen-bond donors (Lipinski definition) is 2. The number of ether oxygens (including phenoxy) is 1. The number of Topliss-reactive ketones (excluding diaryl/α,β-unsaturated/α-hetero) is 1.